The Bertz CT molecular complexity index is 552. The van der Waals surface area contributed by atoms with Gasteiger partial charge in [-0.25, -0.2) is 20.8 Å². The van der Waals surface area contributed by atoms with Crippen molar-refractivity contribution in [2.24, 2.45) is 5.84 Å². The second kappa shape index (κ2) is 6.62. The summed E-state index contributed by atoms with van der Waals surface area (Å²) in [6.07, 6.45) is 2.70. The summed E-state index contributed by atoms with van der Waals surface area (Å²) in [4.78, 5) is 13.2. The summed E-state index contributed by atoms with van der Waals surface area (Å²) in [6, 6.07) is 0. The number of hydrazine groups is 1. The van der Waals surface area contributed by atoms with Gasteiger partial charge in [0.25, 0.3) is 0 Å². The fraction of sp³-hybridized carbons (Fsp3) is 0.462. The molecular formula is C13H20N6S. The van der Waals surface area contributed by atoms with E-state index in [2.05, 4.69) is 39.5 Å². The summed E-state index contributed by atoms with van der Waals surface area (Å²) in [7, 11) is 0. The van der Waals surface area contributed by atoms with Gasteiger partial charge in [0.2, 0.25) is 0 Å². The highest BCUT2D eigenvalue weighted by Gasteiger charge is 2.12. The second-order valence-electron chi connectivity index (χ2n) is 4.81. The summed E-state index contributed by atoms with van der Waals surface area (Å²) in [6.45, 7) is 6.85. The molecule has 7 heteroatoms. The maximum atomic E-state index is 5.52. The molecule has 0 unspecified atom stereocenters. The molecule has 0 bridgehead atoms. The first-order chi connectivity index (χ1) is 9.61. The third kappa shape index (κ3) is 3.43. The molecule has 0 aliphatic heterocycles. The van der Waals surface area contributed by atoms with Crippen molar-refractivity contribution in [1.29, 1.82) is 0 Å². The van der Waals surface area contributed by atoms with Crippen LogP contribution in [-0.2, 0) is 6.42 Å². The molecule has 0 radical (unpaired) electrons. The van der Waals surface area contributed by atoms with Gasteiger partial charge in [0.15, 0.2) is 0 Å². The minimum atomic E-state index is 0.252. The Morgan fingerprint density at radius 2 is 2.05 bits per heavy atom. The minimum Gasteiger partial charge on any atom is -0.369 e. The Morgan fingerprint density at radius 1 is 1.30 bits per heavy atom. The Balaban J connectivity index is 2.11. The fourth-order valence-electron chi connectivity index (χ4n) is 1.77. The number of anilines is 2. The molecule has 0 aliphatic rings. The molecule has 0 fully saturated rings. The van der Waals surface area contributed by atoms with E-state index in [1.807, 2.05) is 18.5 Å². The van der Waals surface area contributed by atoms with Crippen LogP contribution < -0.4 is 16.6 Å². The Labute approximate surface area is 122 Å². The molecule has 2 aromatic heterocycles. The van der Waals surface area contributed by atoms with Crippen LogP contribution in [0.5, 0.6) is 0 Å². The van der Waals surface area contributed by atoms with Crippen LogP contribution in [0, 0.1) is 6.92 Å². The van der Waals surface area contributed by atoms with E-state index in [1.54, 1.807) is 11.3 Å². The molecule has 0 amide bonds. The fourth-order valence-corrected chi connectivity index (χ4v) is 2.39. The van der Waals surface area contributed by atoms with Gasteiger partial charge in [-0.2, -0.15) is 0 Å². The van der Waals surface area contributed by atoms with Crippen molar-refractivity contribution < 1.29 is 0 Å². The first-order valence-corrected chi connectivity index (χ1v) is 7.47. The molecule has 108 valence electrons. The number of nitrogens with one attached hydrogen (secondary N) is 2. The molecule has 20 heavy (non-hydrogen) atoms. The van der Waals surface area contributed by atoms with E-state index in [0.717, 1.165) is 35.2 Å². The van der Waals surface area contributed by atoms with Crippen LogP contribution >= 0.6 is 11.3 Å². The molecule has 0 aromatic carbocycles. The third-order valence-corrected chi connectivity index (χ3v) is 3.77. The number of rotatable bonds is 6. The predicted molar refractivity (Wildman–Crippen MR) is 83.0 cm³/mol. The summed E-state index contributed by atoms with van der Waals surface area (Å²) in [5.74, 6) is 8.04. The number of nitrogens with two attached hydrogens (primary N) is 1. The third-order valence-electron chi connectivity index (χ3n) is 2.93. The lowest BCUT2D eigenvalue weighted by Crippen LogP contribution is -2.16. The molecule has 4 N–H and O–H groups in total. The molecule has 6 nitrogen and oxygen atoms in total. The smallest absolute Gasteiger partial charge is 0.148 e. The van der Waals surface area contributed by atoms with Gasteiger partial charge >= 0.3 is 0 Å². The summed E-state index contributed by atoms with van der Waals surface area (Å²) in [5, 5.41) is 6.44. The number of nitrogens with zero attached hydrogens (tertiary/aromatic N) is 3. The number of aromatic nitrogens is 3. The van der Waals surface area contributed by atoms with E-state index in [-0.39, 0.29) is 5.92 Å². The summed E-state index contributed by atoms with van der Waals surface area (Å²) < 4.78 is 0. The average Bonchev–Trinajstić information content (AvgIpc) is 2.93. The highest BCUT2D eigenvalue weighted by atomic mass is 32.1. The molecule has 0 atom stereocenters. The van der Waals surface area contributed by atoms with E-state index in [4.69, 9.17) is 5.84 Å². The minimum absolute atomic E-state index is 0.252. The Hall–Kier alpha value is -1.73. The van der Waals surface area contributed by atoms with E-state index >= 15 is 0 Å². The number of nitrogen functional groups attached to an aromatic ring is 1. The van der Waals surface area contributed by atoms with Crippen LogP contribution in [0.2, 0.25) is 0 Å². The van der Waals surface area contributed by atoms with Crippen LogP contribution in [0.1, 0.15) is 36.2 Å². The first kappa shape index (κ1) is 14.7. The molecule has 0 aliphatic carbocycles. The molecule has 0 saturated carbocycles. The van der Waals surface area contributed by atoms with Crippen molar-refractivity contribution in [3.05, 3.63) is 28.0 Å². The van der Waals surface area contributed by atoms with Gasteiger partial charge in [0.05, 0.1) is 5.01 Å². The van der Waals surface area contributed by atoms with Crippen LogP contribution in [0.25, 0.3) is 0 Å². The Morgan fingerprint density at radius 3 is 2.65 bits per heavy atom. The zero-order valence-electron chi connectivity index (χ0n) is 12.0. The van der Waals surface area contributed by atoms with Gasteiger partial charge in [-0.05, 0) is 6.92 Å². The van der Waals surface area contributed by atoms with E-state index < -0.39 is 0 Å². The van der Waals surface area contributed by atoms with Crippen LogP contribution in [0.4, 0.5) is 11.6 Å². The average molecular weight is 292 g/mol. The number of hydrogen-bond acceptors (Lipinski definition) is 7. The summed E-state index contributed by atoms with van der Waals surface area (Å²) >= 11 is 1.66. The Kier molecular flexibility index (Phi) is 4.86. The van der Waals surface area contributed by atoms with Crippen molar-refractivity contribution in [3.8, 4) is 0 Å². The zero-order valence-corrected chi connectivity index (χ0v) is 12.8. The molecule has 2 aromatic rings. The predicted octanol–water partition coefficient (Wildman–Crippen LogP) is 2.31. The summed E-state index contributed by atoms with van der Waals surface area (Å²) in [5.41, 5.74) is 3.56. The molecule has 0 spiro atoms. The van der Waals surface area contributed by atoms with Gasteiger partial charge in [0, 0.05) is 36.0 Å². The standard InChI is InChI=1S/C13H20N6S/c1-8(2)11-17-12(9(3)13(18-11)19-14)16-5-4-10-15-6-7-20-10/h6-8H,4-5,14H2,1-3H3,(H2,16,17,18,19). The van der Waals surface area contributed by atoms with E-state index in [1.165, 1.54) is 0 Å². The van der Waals surface area contributed by atoms with Crippen LogP contribution in [0.3, 0.4) is 0 Å². The lowest BCUT2D eigenvalue weighted by Gasteiger charge is -2.14. The van der Waals surface area contributed by atoms with Gasteiger partial charge < -0.3 is 10.7 Å². The van der Waals surface area contributed by atoms with Gasteiger partial charge in [-0.15, -0.1) is 11.3 Å². The molecule has 2 rings (SSSR count). The van der Waals surface area contributed by atoms with Gasteiger partial charge in [-0.1, -0.05) is 13.8 Å². The van der Waals surface area contributed by atoms with Crippen molar-refractivity contribution in [1.82, 2.24) is 15.0 Å². The highest BCUT2D eigenvalue weighted by Crippen LogP contribution is 2.22. The molecular weight excluding hydrogens is 272 g/mol. The van der Waals surface area contributed by atoms with E-state index in [0.29, 0.717) is 5.82 Å². The quantitative estimate of drug-likeness (QED) is 0.559. The van der Waals surface area contributed by atoms with Crippen LogP contribution in [0.15, 0.2) is 11.6 Å². The largest absolute Gasteiger partial charge is 0.369 e. The van der Waals surface area contributed by atoms with Gasteiger partial charge in [0.1, 0.15) is 17.5 Å². The second-order valence-corrected chi connectivity index (χ2v) is 5.78. The maximum absolute atomic E-state index is 5.52. The monoisotopic (exact) mass is 292 g/mol. The van der Waals surface area contributed by atoms with Crippen LogP contribution in [-0.4, -0.2) is 21.5 Å². The maximum Gasteiger partial charge on any atom is 0.148 e. The van der Waals surface area contributed by atoms with Gasteiger partial charge in [-0.3, -0.25) is 0 Å². The van der Waals surface area contributed by atoms with E-state index in [9.17, 15) is 0 Å². The molecule has 2 heterocycles. The normalized spacial score (nSPS) is 10.8. The number of thiazole rings is 1. The van der Waals surface area contributed by atoms with Crippen molar-refractivity contribution in [2.45, 2.75) is 33.1 Å². The van der Waals surface area contributed by atoms with Crippen molar-refractivity contribution in [2.75, 3.05) is 17.3 Å². The first-order valence-electron chi connectivity index (χ1n) is 6.59. The molecule has 0 saturated heterocycles. The highest BCUT2D eigenvalue weighted by molar-refractivity contribution is 7.09. The SMILES string of the molecule is Cc1c(NN)nc(C(C)C)nc1NCCc1nccs1. The van der Waals surface area contributed by atoms with Crippen molar-refractivity contribution >= 4 is 23.0 Å². The number of hydrogen-bond donors (Lipinski definition) is 3. The lowest BCUT2D eigenvalue weighted by atomic mass is 10.2. The van der Waals surface area contributed by atoms with Crippen molar-refractivity contribution in [3.63, 3.8) is 0 Å². The zero-order chi connectivity index (χ0) is 14.5. The lowest BCUT2D eigenvalue weighted by molar-refractivity contribution is 0.772. The topological polar surface area (TPSA) is 88.8 Å².